The molecule has 0 aliphatic heterocycles. The first-order valence-corrected chi connectivity index (χ1v) is 10.3. The molecule has 3 aromatic carbocycles. The van der Waals surface area contributed by atoms with Gasteiger partial charge in [0.2, 0.25) is 0 Å². The van der Waals surface area contributed by atoms with Crippen LogP contribution in [0.25, 0.3) is 0 Å². The van der Waals surface area contributed by atoms with Crippen LogP contribution in [0.4, 0.5) is 0 Å². The molecule has 0 amide bonds. The van der Waals surface area contributed by atoms with Crippen LogP contribution >= 0.6 is 0 Å². The molecule has 0 nitrogen and oxygen atoms in total. The molecule has 0 fully saturated rings. The van der Waals surface area contributed by atoms with Crippen LogP contribution in [0, 0.1) is 0 Å². The van der Waals surface area contributed by atoms with E-state index in [4.69, 9.17) is 0 Å². The maximum Gasteiger partial charge on any atom is 0.175 e. The van der Waals surface area contributed by atoms with Crippen molar-refractivity contribution in [3.63, 3.8) is 0 Å². The van der Waals surface area contributed by atoms with E-state index in [1.807, 2.05) is 0 Å². The number of hydrogen-bond acceptors (Lipinski definition) is 0. The second kappa shape index (κ2) is 6.02. The zero-order valence-corrected chi connectivity index (χ0v) is 14.2. The van der Waals surface area contributed by atoms with Crippen molar-refractivity contribution in [2.45, 2.75) is 12.8 Å². The van der Waals surface area contributed by atoms with E-state index in [9.17, 15) is 0 Å². The van der Waals surface area contributed by atoms with Gasteiger partial charge in [-0.05, 0) is 28.4 Å². The van der Waals surface area contributed by atoms with Crippen molar-refractivity contribution in [2.75, 3.05) is 0 Å². The molecule has 0 bridgehead atoms. The average Bonchev–Trinajstić information content (AvgIpc) is 2.60. The van der Waals surface area contributed by atoms with Crippen LogP contribution in [0.2, 0.25) is 0 Å². The lowest BCUT2D eigenvalue weighted by atomic mass is 10.1. The zero-order valence-electron chi connectivity index (χ0n) is 13.2. The highest BCUT2D eigenvalue weighted by Crippen LogP contribution is 2.28. The summed E-state index contributed by atoms with van der Waals surface area (Å²) in [5.74, 6) is 0. The minimum Gasteiger partial charge on any atom is -0.0879 e. The van der Waals surface area contributed by atoms with Gasteiger partial charge < -0.3 is 0 Å². The average molecular weight is 312 g/mol. The van der Waals surface area contributed by atoms with Crippen LogP contribution in [0.3, 0.4) is 0 Å². The second-order valence-electron chi connectivity index (χ2n) is 6.12. The van der Waals surface area contributed by atoms with E-state index in [0.717, 1.165) is 0 Å². The fourth-order valence-corrected chi connectivity index (χ4v) is 8.91. The van der Waals surface area contributed by atoms with Crippen LogP contribution in [-0.2, 0) is 0 Å². The Morgan fingerprint density at radius 1 is 0.522 bits per heavy atom. The van der Waals surface area contributed by atoms with Gasteiger partial charge >= 0.3 is 0 Å². The Morgan fingerprint density at radius 2 is 0.870 bits per heavy atom. The molecule has 0 saturated carbocycles. The summed E-state index contributed by atoms with van der Waals surface area (Å²) in [6.07, 6.45) is 4.92. The van der Waals surface area contributed by atoms with Crippen molar-refractivity contribution >= 4 is 23.6 Å². The summed E-state index contributed by atoms with van der Waals surface area (Å²) >= 11 is 0. The van der Waals surface area contributed by atoms with Crippen molar-refractivity contribution < 1.29 is 0 Å². The van der Waals surface area contributed by atoms with Crippen molar-refractivity contribution in [3.05, 3.63) is 102 Å². The molecule has 0 aromatic heterocycles. The molecule has 23 heavy (non-hydrogen) atoms. The minimum atomic E-state index is -2.08. The van der Waals surface area contributed by atoms with E-state index in [-0.39, 0.29) is 0 Å². The normalized spacial score (nSPS) is 14.0. The Morgan fingerprint density at radius 3 is 1.13 bits per heavy atom. The van der Waals surface area contributed by atoms with Gasteiger partial charge in [0, 0.05) is 0 Å². The highest BCUT2D eigenvalue weighted by molar-refractivity contribution is 7.16. The van der Waals surface area contributed by atoms with Gasteiger partial charge in [-0.2, -0.15) is 0 Å². The molecule has 112 valence electrons. The van der Waals surface area contributed by atoms with Crippen LogP contribution in [0.5, 0.6) is 0 Å². The molecule has 0 spiro atoms. The molecule has 0 radical (unpaired) electrons. The SMILES string of the molecule is C1=C([Si](c2ccccc2)(c2ccccc2)c2ccccc2)CC1. The van der Waals surface area contributed by atoms with Crippen LogP contribution in [0.1, 0.15) is 12.8 Å². The fraction of sp³-hybridized carbons (Fsp3) is 0.0909. The number of benzene rings is 3. The van der Waals surface area contributed by atoms with Crippen molar-refractivity contribution in [1.82, 2.24) is 0 Å². The molecule has 3 aromatic rings. The maximum atomic E-state index is 2.47. The first-order chi connectivity index (χ1) is 11.4. The third-order valence-corrected chi connectivity index (χ3v) is 9.92. The van der Waals surface area contributed by atoms with Crippen molar-refractivity contribution in [3.8, 4) is 0 Å². The van der Waals surface area contributed by atoms with Gasteiger partial charge in [-0.15, -0.1) is 0 Å². The van der Waals surface area contributed by atoms with Gasteiger partial charge in [-0.1, -0.05) is 102 Å². The van der Waals surface area contributed by atoms with E-state index in [1.165, 1.54) is 28.4 Å². The standard InChI is InChI=1S/C22H20Si/c1-4-11-19(12-5-1)23(22-17-10-18-22,20-13-6-2-7-14-20)21-15-8-3-9-16-21/h1-9,11-17H,10,18H2. The predicted molar refractivity (Wildman–Crippen MR) is 101 cm³/mol. The van der Waals surface area contributed by atoms with Gasteiger partial charge in [-0.3, -0.25) is 0 Å². The molecule has 0 atom stereocenters. The summed E-state index contributed by atoms with van der Waals surface area (Å²) in [7, 11) is -2.08. The molecule has 1 aliphatic carbocycles. The first kappa shape index (κ1) is 14.2. The molecule has 0 heterocycles. The predicted octanol–water partition coefficient (Wildman–Crippen LogP) is 3.42. The van der Waals surface area contributed by atoms with Gasteiger partial charge in [-0.25, -0.2) is 0 Å². The first-order valence-electron chi connectivity index (χ1n) is 8.28. The molecular formula is C22H20Si. The summed E-state index contributed by atoms with van der Waals surface area (Å²) in [6, 6.07) is 33.4. The van der Waals surface area contributed by atoms with Gasteiger partial charge in [0.15, 0.2) is 8.07 Å². The van der Waals surface area contributed by atoms with E-state index in [1.54, 1.807) is 5.20 Å². The van der Waals surface area contributed by atoms with Gasteiger partial charge in [0.05, 0.1) is 0 Å². The number of rotatable bonds is 4. The molecule has 1 aliphatic rings. The Labute approximate surface area is 139 Å². The Bertz CT molecular complexity index is 708. The number of allylic oxidation sites excluding steroid dienone is 2. The van der Waals surface area contributed by atoms with Gasteiger partial charge in [0.25, 0.3) is 0 Å². The quantitative estimate of drug-likeness (QED) is 0.511. The molecular weight excluding hydrogens is 292 g/mol. The number of hydrogen-bond donors (Lipinski definition) is 0. The summed E-state index contributed by atoms with van der Waals surface area (Å²) in [5, 5.41) is 6.12. The van der Waals surface area contributed by atoms with E-state index in [2.05, 4.69) is 97.1 Å². The van der Waals surface area contributed by atoms with Crippen molar-refractivity contribution in [1.29, 1.82) is 0 Å². The molecule has 0 saturated heterocycles. The largest absolute Gasteiger partial charge is 0.175 e. The Hall–Kier alpha value is -2.38. The highest BCUT2D eigenvalue weighted by atomic mass is 28.3. The summed E-state index contributed by atoms with van der Waals surface area (Å²) < 4.78 is 0. The fourth-order valence-electron chi connectivity index (χ4n) is 3.75. The van der Waals surface area contributed by atoms with E-state index in [0.29, 0.717) is 0 Å². The van der Waals surface area contributed by atoms with E-state index >= 15 is 0 Å². The smallest absolute Gasteiger partial charge is 0.0879 e. The molecule has 4 rings (SSSR count). The summed E-state index contributed by atoms with van der Waals surface area (Å²) in [5.41, 5.74) is 0. The lowest BCUT2D eigenvalue weighted by Gasteiger charge is -2.39. The lowest BCUT2D eigenvalue weighted by molar-refractivity contribution is 0.927. The third-order valence-electron chi connectivity index (χ3n) is 4.91. The van der Waals surface area contributed by atoms with Crippen LogP contribution in [-0.4, -0.2) is 8.07 Å². The summed E-state index contributed by atoms with van der Waals surface area (Å²) in [4.78, 5) is 0. The minimum absolute atomic E-state index is 1.22. The zero-order chi connectivity index (χ0) is 15.5. The van der Waals surface area contributed by atoms with Crippen molar-refractivity contribution in [2.24, 2.45) is 0 Å². The summed E-state index contributed by atoms with van der Waals surface area (Å²) in [6.45, 7) is 0. The maximum absolute atomic E-state index is 2.47. The molecule has 1 heteroatoms. The Balaban J connectivity index is 2.07. The second-order valence-corrected chi connectivity index (χ2v) is 9.99. The van der Waals surface area contributed by atoms with Crippen LogP contribution < -0.4 is 15.6 Å². The van der Waals surface area contributed by atoms with E-state index < -0.39 is 8.07 Å². The monoisotopic (exact) mass is 312 g/mol. The molecule has 0 unspecified atom stereocenters. The van der Waals surface area contributed by atoms with Gasteiger partial charge in [0.1, 0.15) is 0 Å². The highest BCUT2D eigenvalue weighted by Gasteiger charge is 2.43. The lowest BCUT2D eigenvalue weighted by Crippen LogP contribution is -2.69. The third kappa shape index (κ3) is 2.29. The topological polar surface area (TPSA) is 0 Å². The van der Waals surface area contributed by atoms with Crippen LogP contribution in [0.15, 0.2) is 102 Å². The Kier molecular flexibility index (Phi) is 3.72. The molecule has 0 N–H and O–H groups in total.